The maximum absolute atomic E-state index is 14.3. The van der Waals surface area contributed by atoms with Gasteiger partial charge in [-0.2, -0.15) is 0 Å². The van der Waals surface area contributed by atoms with E-state index in [1.165, 1.54) is 24.1 Å². The summed E-state index contributed by atoms with van der Waals surface area (Å²) < 4.78 is 37.8. The molecule has 9 nitrogen and oxygen atoms in total. The fraction of sp³-hybridized carbons (Fsp3) is 0.355. The standard InChI is InChI=1S/C31H38ClN3O6S/c1-31(2,3)33-30(37)27(18-22-11-8-7-9-12-22)34(20-23-13-10-14-25(17-23)40-4)29(36)21-35(42(6,38)39)26-19-24(32)15-16-28(26)41-5/h7-17,19,27H,18,20-21H2,1-6H3,(H,33,37)/t27-/m0/s1. The lowest BCUT2D eigenvalue weighted by atomic mass is 10.0. The number of sulfonamides is 1. The van der Waals surface area contributed by atoms with E-state index >= 15 is 0 Å². The molecule has 0 aliphatic carbocycles. The van der Waals surface area contributed by atoms with Gasteiger partial charge in [-0.25, -0.2) is 8.42 Å². The lowest BCUT2D eigenvalue weighted by Gasteiger charge is -2.35. The molecular weight excluding hydrogens is 578 g/mol. The molecule has 0 saturated carbocycles. The summed E-state index contributed by atoms with van der Waals surface area (Å²) in [6.45, 7) is 5.00. The van der Waals surface area contributed by atoms with Crippen LogP contribution < -0.4 is 19.1 Å². The van der Waals surface area contributed by atoms with Gasteiger partial charge in [0.2, 0.25) is 21.8 Å². The molecule has 0 unspecified atom stereocenters. The van der Waals surface area contributed by atoms with E-state index in [9.17, 15) is 18.0 Å². The number of carbonyl (C=O) groups is 2. The molecule has 1 N–H and O–H groups in total. The topological polar surface area (TPSA) is 105 Å². The van der Waals surface area contributed by atoms with Crippen LogP contribution in [-0.2, 0) is 32.6 Å². The van der Waals surface area contributed by atoms with E-state index in [1.807, 2.05) is 57.2 Å². The zero-order valence-electron chi connectivity index (χ0n) is 24.8. The van der Waals surface area contributed by atoms with Crippen LogP contribution in [0.5, 0.6) is 11.5 Å². The van der Waals surface area contributed by atoms with E-state index in [0.717, 1.165) is 16.1 Å². The largest absolute Gasteiger partial charge is 0.497 e. The highest BCUT2D eigenvalue weighted by Crippen LogP contribution is 2.33. The van der Waals surface area contributed by atoms with Crippen LogP contribution in [-0.4, -0.2) is 63.7 Å². The van der Waals surface area contributed by atoms with Crippen LogP contribution in [0.1, 0.15) is 31.9 Å². The number of hydrogen-bond donors (Lipinski definition) is 1. The van der Waals surface area contributed by atoms with Gasteiger partial charge >= 0.3 is 0 Å². The zero-order chi connectivity index (χ0) is 31.1. The molecule has 0 saturated heterocycles. The minimum absolute atomic E-state index is 0.0232. The zero-order valence-corrected chi connectivity index (χ0v) is 26.3. The number of nitrogens with zero attached hydrogens (tertiary/aromatic N) is 2. The van der Waals surface area contributed by atoms with Crippen LogP contribution in [0.3, 0.4) is 0 Å². The summed E-state index contributed by atoms with van der Waals surface area (Å²) >= 11 is 6.21. The maximum atomic E-state index is 14.3. The number of hydrogen-bond acceptors (Lipinski definition) is 6. The third-order valence-electron chi connectivity index (χ3n) is 6.35. The Morgan fingerprint density at radius 2 is 1.60 bits per heavy atom. The number of ether oxygens (including phenoxy) is 2. The number of anilines is 1. The van der Waals surface area contributed by atoms with Gasteiger partial charge in [0.25, 0.3) is 0 Å². The number of benzene rings is 3. The van der Waals surface area contributed by atoms with Gasteiger partial charge < -0.3 is 19.7 Å². The van der Waals surface area contributed by atoms with Gasteiger partial charge in [-0.3, -0.25) is 13.9 Å². The lowest BCUT2D eigenvalue weighted by molar-refractivity contribution is -0.140. The normalized spacial score (nSPS) is 12.3. The Morgan fingerprint density at radius 3 is 2.19 bits per heavy atom. The van der Waals surface area contributed by atoms with E-state index < -0.39 is 34.1 Å². The number of halogens is 1. The molecule has 1 atom stereocenters. The fourth-order valence-electron chi connectivity index (χ4n) is 4.43. The molecule has 3 aromatic carbocycles. The number of carbonyl (C=O) groups excluding carboxylic acids is 2. The molecule has 0 spiro atoms. The first-order valence-electron chi connectivity index (χ1n) is 13.3. The van der Waals surface area contributed by atoms with Crippen LogP contribution in [0.4, 0.5) is 5.69 Å². The number of methoxy groups -OCH3 is 2. The van der Waals surface area contributed by atoms with Crippen molar-refractivity contribution in [1.29, 1.82) is 0 Å². The van der Waals surface area contributed by atoms with Crippen molar-refractivity contribution >= 4 is 39.1 Å². The Kier molecular flexibility index (Phi) is 10.9. The van der Waals surface area contributed by atoms with Gasteiger partial charge in [0, 0.05) is 23.5 Å². The molecule has 0 aliphatic heterocycles. The van der Waals surface area contributed by atoms with Gasteiger partial charge in [-0.05, 0) is 62.2 Å². The van der Waals surface area contributed by atoms with Crippen molar-refractivity contribution in [2.75, 3.05) is 31.3 Å². The molecule has 0 fully saturated rings. The van der Waals surface area contributed by atoms with Crippen LogP contribution in [0.25, 0.3) is 0 Å². The first-order chi connectivity index (χ1) is 19.7. The van der Waals surface area contributed by atoms with Gasteiger partial charge in [-0.1, -0.05) is 54.1 Å². The van der Waals surface area contributed by atoms with Crippen molar-refractivity contribution in [3.63, 3.8) is 0 Å². The molecular formula is C31H38ClN3O6S. The lowest BCUT2D eigenvalue weighted by Crippen LogP contribution is -2.56. The van der Waals surface area contributed by atoms with Crippen LogP contribution in [0, 0.1) is 0 Å². The minimum Gasteiger partial charge on any atom is -0.497 e. The molecule has 0 aliphatic rings. The minimum atomic E-state index is -3.99. The van der Waals surface area contributed by atoms with Gasteiger partial charge in [0.15, 0.2) is 0 Å². The van der Waals surface area contributed by atoms with E-state index in [4.69, 9.17) is 21.1 Å². The molecule has 3 rings (SSSR count). The van der Waals surface area contributed by atoms with E-state index in [-0.39, 0.29) is 35.3 Å². The van der Waals surface area contributed by atoms with Crippen molar-refractivity contribution in [2.24, 2.45) is 0 Å². The second kappa shape index (κ2) is 13.9. The molecule has 3 aromatic rings. The summed E-state index contributed by atoms with van der Waals surface area (Å²) in [6.07, 6.45) is 1.21. The summed E-state index contributed by atoms with van der Waals surface area (Å²) in [5, 5.41) is 3.27. The van der Waals surface area contributed by atoms with E-state index in [1.54, 1.807) is 31.4 Å². The number of rotatable bonds is 12. The monoisotopic (exact) mass is 615 g/mol. The van der Waals surface area contributed by atoms with Crippen molar-refractivity contribution < 1.29 is 27.5 Å². The van der Waals surface area contributed by atoms with Crippen molar-refractivity contribution in [2.45, 2.75) is 45.3 Å². The summed E-state index contributed by atoms with van der Waals surface area (Å²) in [7, 11) is -1.05. The van der Waals surface area contributed by atoms with Crippen molar-refractivity contribution in [1.82, 2.24) is 10.2 Å². The van der Waals surface area contributed by atoms with Crippen LogP contribution in [0.15, 0.2) is 72.8 Å². The van der Waals surface area contributed by atoms with Gasteiger partial charge in [-0.15, -0.1) is 0 Å². The van der Waals surface area contributed by atoms with Crippen molar-refractivity contribution in [3.05, 3.63) is 88.9 Å². The SMILES string of the molecule is COc1cccc(CN(C(=O)CN(c2cc(Cl)ccc2OC)S(C)(=O)=O)[C@@H](Cc2ccccc2)C(=O)NC(C)(C)C)c1. The summed E-state index contributed by atoms with van der Waals surface area (Å²) in [4.78, 5) is 29.5. The van der Waals surface area contributed by atoms with E-state index in [2.05, 4.69) is 5.32 Å². The third-order valence-corrected chi connectivity index (χ3v) is 7.71. The molecule has 2 amide bonds. The second-order valence-corrected chi connectivity index (χ2v) is 13.2. The Bertz CT molecular complexity index is 1490. The third kappa shape index (κ3) is 9.12. The fourth-order valence-corrected chi connectivity index (χ4v) is 5.44. The Labute approximate surface area is 253 Å². The summed E-state index contributed by atoms with van der Waals surface area (Å²) in [6, 6.07) is 20.1. The van der Waals surface area contributed by atoms with Crippen LogP contribution >= 0.6 is 11.6 Å². The highest BCUT2D eigenvalue weighted by molar-refractivity contribution is 7.92. The van der Waals surface area contributed by atoms with Crippen LogP contribution in [0.2, 0.25) is 5.02 Å². The van der Waals surface area contributed by atoms with Gasteiger partial charge in [0.05, 0.1) is 26.2 Å². The highest BCUT2D eigenvalue weighted by Gasteiger charge is 2.35. The molecule has 11 heteroatoms. The summed E-state index contributed by atoms with van der Waals surface area (Å²) in [5.41, 5.74) is 1.08. The summed E-state index contributed by atoms with van der Waals surface area (Å²) in [5.74, 6) is -0.146. The Hall–Kier alpha value is -3.76. The first kappa shape index (κ1) is 32.8. The molecule has 0 aromatic heterocycles. The van der Waals surface area contributed by atoms with Gasteiger partial charge in [0.1, 0.15) is 24.1 Å². The molecule has 0 heterocycles. The van der Waals surface area contributed by atoms with E-state index in [0.29, 0.717) is 11.3 Å². The molecule has 0 bridgehead atoms. The Morgan fingerprint density at radius 1 is 0.929 bits per heavy atom. The maximum Gasteiger partial charge on any atom is 0.244 e. The quantitative estimate of drug-likeness (QED) is 0.317. The first-order valence-corrected chi connectivity index (χ1v) is 15.5. The average Bonchev–Trinajstić information content (AvgIpc) is 2.92. The predicted molar refractivity (Wildman–Crippen MR) is 166 cm³/mol. The second-order valence-electron chi connectivity index (χ2n) is 10.9. The molecule has 226 valence electrons. The highest BCUT2D eigenvalue weighted by atomic mass is 35.5. The average molecular weight is 616 g/mol. The molecule has 42 heavy (non-hydrogen) atoms. The Balaban J connectivity index is 2.13. The van der Waals surface area contributed by atoms with Crippen molar-refractivity contribution in [3.8, 4) is 11.5 Å². The molecule has 0 radical (unpaired) electrons. The predicted octanol–water partition coefficient (Wildman–Crippen LogP) is 4.68. The smallest absolute Gasteiger partial charge is 0.244 e. The number of amides is 2. The number of nitrogens with one attached hydrogen (secondary N) is 1.